The van der Waals surface area contributed by atoms with Gasteiger partial charge in [0.25, 0.3) is 0 Å². The van der Waals surface area contributed by atoms with Crippen LogP contribution in [0.4, 0.5) is 0 Å². The maximum absolute atomic E-state index is 10.1. The summed E-state index contributed by atoms with van der Waals surface area (Å²) in [6, 6.07) is 8.13. The first kappa shape index (κ1) is 14.2. The van der Waals surface area contributed by atoms with E-state index in [4.69, 9.17) is 0 Å². The Kier molecular flexibility index (Phi) is 5.66. The molecule has 1 N–H and O–H groups in total. The summed E-state index contributed by atoms with van der Waals surface area (Å²) in [5.41, 5.74) is 2.24. The van der Waals surface area contributed by atoms with Gasteiger partial charge in [-0.15, -0.1) is 0 Å². The molecule has 0 amide bonds. The Morgan fingerprint density at radius 1 is 1.29 bits per heavy atom. The Morgan fingerprint density at radius 3 is 2.59 bits per heavy atom. The van der Waals surface area contributed by atoms with Gasteiger partial charge in [0.05, 0.1) is 6.10 Å². The van der Waals surface area contributed by atoms with E-state index in [2.05, 4.69) is 44.9 Å². The Labute approximate surface area is 105 Å². The van der Waals surface area contributed by atoms with Crippen molar-refractivity contribution in [1.82, 2.24) is 4.90 Å². The van der Waals surface area contributed by atoms with E-state index in [0.29, 0.717) is 5.92 Å². The molecule has 0 saturated carbocycles. The topological polar surface area (TPSA) is 23.5 Å². The number of aliphatic hydroxyl groups is 1. The van der Waals surface area contributed by atoms with Crippen LogP contribution < -0.4 is 0 Å². The van der Waals surface area contributed by atoms with Crippen molar-refractivity contribution in [3.8, 4) is 0 Å². The summed E-state index contributed by atoms with van der Waals surface area (Å²) in [6.45, 7) is 8.51. The van der Waals surface area contributed by atoms with Crippen LogP contribution in [0.25, 0.3) is 0 Å². The molecule has 0 bridgehead atoms. The predicted octanol–water partition coefficient (Wildman–Crippen LogP) is 3.01. The molecule has 2 heteroatoms. The van der Waals surface area contributed by atoms with Crippen LogP contribution in [0, 0.1) is 12.8 Å². The molecule has 1 atom stereocenters. The molecule has 0 spiro atoms. The van der Waals surface area contributed by atoms with Crippen molar-refractivity contribution in [3.63, 3.8) is 0 Å². The zero-order valence-corrected chi connectivity index (χ0v) is 11.5. The maximum Gasteiger partial charge on any atom is 0.0802 e. The van der Waals surface area contributed by atoms with E-state index < -0.39 is 0 Å². The van der Waals surface area contributed by atoms with Gasteiger partial charge in [0.1, 0.15) is 0 Å². The SMILES string of the molecule is Cc1cccc(C(O)CCN(C)CC(C)C)c1. The third kappa shape index (κ3) is 5.33. The molecular weight excluding hydrogens is 210 g/mol. The highest BCUT2D eigenvalue weighted by molar-refractivity contribution is 5.23. The van der Waals surface area contributed by atoms with Gasteiger partial charge in [-0.25, -0.2) is 0 Å². The van der Waals surface area contributed by atoms with Gasteiger partial charge in [-0.3, -0.25) is 0 Å². The molecule has 0 heterocycles. The van der Waals surface area contributed by atoms with Crippen LogP contribution in [0.5, 0.6) is 0 Å². The molecule has 96 valence electrons. The average molecular weight is 235 g/mol. The molecule has 0 aliphatic heterocycles. The Morgan fingerprint density at radius 2 is 2.00 bits per heavy atom. The maximum atomic E-state index is 10.1. The average Bonchev–Trinajstić information content (AvgIpc) is 2.25. The Balaban J connectivity index is 2.42. The zero-order chi connectivity index (χ0) is 12.8. The molecule has 17 heavy (non-hydrogen) atoms. The number of aliphatic hydroxyl groups excluding tert-OH is 1. The van der Waals surface area contributed by atoms with Crippen molar-refractivity contribution >= 4 is 0 Å². The van der Waals surface area contributed by atoms with Gasteiger partial charge >= 0.3 is 0 Å². The van der Waals surface area contributed by atoms with Crippen molar-refractivity contribution in [1.29, 1.82) is 0 Å². The zero-order valence-electron chi connectivity index (χ0n) is 11.5. The lowest BCUT2D eigenvalue weighted by molar-refractivity contribution is 0.146. The van der Waals surface area contributed by atoms with Gasteiger partial charge in [0.2, 0.25) is 0 Å². The molecular formula is C15H25NO. The first-order valence-corrected chi connectivity index (χ1v) is 6.42. The lowest BCUT2D eigenvalue weighted by Gasteiger charge is -2.20. The van der Waals surface area contributed by atoms with Crippen molar-refractivity contribution in [2.45, 2.75) is 33.3 Å². The first-order valence-electron chi connectivity index (χ1n) is 6.42. The van der Waals surface area contributed by atoms with Gasteiger partial charge in [-0.2, -0.15) is 0 Å². The monoisotopic (exact) mass is 235 g/mol. The number of hydrogen-bond acceptors (Lipinski definition) is 2. The molecule has 0 radical (unpaired) electrons. The minimum atomic E-state index is -0.343. The van der Waals surface area contributed by atoms with Crippen molar-refractivity contribution in [3.05, 3.63) is 35.4 Å². The molecule has 0 fully saturated rings. The van der Waals surface area contributed by atoms with Crippen LogP contribution >= 0.6 is 0 Å². The van der Waals surface area contributed by atoms with E-state index in [1.54, 1.807) is 0 Å². The number of aryl methyl sites for hydroxylation is 1. The predicted molar refractivity (Wildman–Crippen MR) is 73.1 cm³/mol. The van der Waals surface area contributed by atoms with Crippen LogP contribution in [0.2, 0.25) is 0 Å². The minimum absolute atomic E-state index is 0.343. The molecule has 1 aromatic carbocycles. The molecule has 0 aliphatic rings. The van der Waals surface area contributed by atoms with Crippen LogP contribution in [0.3, 0.4) is 0 Å². The molecule has 0 aliphatic carbocycles. The normalized spacial score (nSPS) is 13.4. The summed E-state index contributed by atoms with van der Waals surface area (Å²) >= 11 is 0. The molecule has 1 unspecified atom stereocenters. The van der Waals surface area contributed by atoms with Gasteiger partial charge in [-0.05, 0) is 31.9 Å². The minimum Gasteiger partial charge on any atom is -0.388 e. The Bertz CT molecular complexity index is 335. The van der Waals surface area contributed by atoms with Crippen molar-refractivity contribution in [2.24, 2.45) is 5.92 Å². The third-order valence-corrected chi connectivity index (χ3v) is 2.89. The summed E-state index contributed by atoms with van der Waals surface area (Å²) in [6.07, 6.45) is 0.455. The highest BCUT2D eigenvalue weighted by Gasteiger charge is 2.09. The van der Waals surface area contributed by atoms with E-state index in [9.17, 15) is 5.11 Å². The number of rotatable bonds is 6. The molecule has 1 aromatic rings. The third-order valence-electron chi connectivity index (χ3n) is 2.89. The second-order valence-corrected chi connectivity index (χ2v) is 5.37. The van der Waals surface area contributed by atoms with Crippen LogP contribution in [0.1, 0.15) is 37.5 Å². The van der Waals surface area contributed by atoms with Gasteiger partial charge in [-0.1, -0.05) is 43.7 Å². The molecule has 1 rings (SSSR count). The van der Waals surface area contributed by atoms with E-state index in [-0.39, 0.29) is 6.10 Å². The van der Waals surface area contributed by atoms with Crippen LogP contribution in [0.15, 0.2) is 24.3 Å². The summed E-state index contributed by atoms with van der Waals surface area (Å²) in [4.78, 5) is 2.28. The first-order chi connectivity index (χ1) is 7.99. The largest absolute Gasteiger partial charge is 0.388 e. The van der Waals surface area contributed by atoms with E-state index in [1.807, 2.05) is 12.1 Å². The number of hydrogen-bond donors (Lipinski definition) is 1. The summed E-state index contributed by atoms with van der Waals surface area (Å²) in [5.74, 6) is 0.677. The summed E-state index contributed by atoms with van der Waals surface area (Å²) in [5, 5.41) is 10.1. The molecule has 0 saturated heterocycles. The standard InChI is InChI=1S/C15H25NO/c1-12(2)11-16(4)9-8-15(17)14-7-5-6-13(3)10-14/h5-7,10,12,15,17H,8-9,11H2,1-4H3. The second kappa shape index (κ2) is 6.77. The number of benzene rings is 1. The Hall–Kier alpha value is -0.860. The fourth-order valence-corrected chi connectivity index (χ4v) is 2.10. The lowest BCUT2D eigenvalue weighted by atomic mass is 10.0. The smallest absolute Gasteiger partial charge is 0.0802 e. The van der Waals surface area contributed by atoms with Crippen molar-refractivity contribution < 1.29 is 5.11 Å². The summed E-state index contributed by atoms with van der Waals surface area (Å²) in [7, 11) is 2.11. The highest BCUT2D eigenvalue weighted by atomic mass is 16.3. The quantitative estimate of drug-likeness (QED) is 0.819. The van der Waals surface area contributed by atoms with Gasteiger partial charge < -0.3 is 10.0 Å². The van der Waals surface area contributed by atoms with Crippen LogP contribution in [-0.2, 0) is 0 Å². The fraction of sp³-hybridized carbons (Fsp3) is 0.600. The number of nitrogens with zero attached hydrogens (tertiary/aromatic N) is 1. The highest BCUT2D eigenvalue weighted by Crippen LogP contribution is 2.17. The van der Waals surface area contributed by atoms with Gasteiger partial charge in [0, 0.05) is 13.1 Å². The van der Waals surface area contributed by atoms with E-state index in [0.717, 1.165) is 25.1 Å². The van der Waals surface area contributed by atoms with E-state index >= 15 is 0 Å². The fourth-order valence-electron chi connectivity index (χ4n) is 2.10. The van der Waals surface area contributed by atoms with E-state index in [1.165, 1.54) is 5.56 Å². The second-order valence-electron chi connectivity index (χ2n) is 5.37. The van der Waals surface area contributed by atoms with Crippen molar-refractivity contribution in [2.75, 3.05) is 20.1 Å². The van der Waals surface area contributed by atoms with Crippen LogP contribution in [-0.4, -0.2) is 30.1 Å². The molecule has 2 nitrogen and oxygen atoms in total. The van der Waals surface area contributed by atoms with Gasteiger partial charge in [0.15, 0.2) is 0 Å². The lowest BCUT2D eigenvalue weighted by Crippen LogP contribution is -2.25. The molecule has 0 aromatic heterocycles. The summed E-state index contributed by atoms with van der Waals surface area (Å²) < 4.78 is 0.